The molecule has 1 fully saturated rings. The van der Waals surface area contributed by atoms with Gasteiger partial charge >= 0.3 is 0 Å². The lowest BCUT2D eigenvalue weighted by Gasteiger charge is -2.12. The zero-order chi connectivity index (χ0) is 19.9. The summed E-state index contributed by atoms with van der Waals surface area (Å²) in [6, 6.07) is 5.64. The SMILES string of the molecule is O=C(NCCC1CCCO1)c1ccc2c(c1)CC(=O)c1cc(Cl)cn1S2(=O)=O. The summed E-state index contributed by atoms with van der Waals surface area (Å²) in [7, 11) is -3.96. The summed E-state index contributed by atoms with van der Waals surface area (Å²) >= 11 is 5.89. The molecule has 0 saturated carbocycles. The number of hydrogen-bond donors (Lipinski definition) is 1. The third kappa shape index (κ3) is 3.47. The molecule has 1 amide bonds. The normalized spacial score (nSPS) is 20.3. The van der Waals surface area contributed by atoms with Gasteiger partial charge in [0, 0.05) is 31.3 Å². The van der Waals surface area contributed by atoms with Crippen molar-refractivity contribution in [1.29, 1.82) is 0 Å². The van der Waals surface area contributed by atoms with Crippen molar-refractivity contribution in [3.8, 4) is 0 Å². The zero-order valence-corrected chi connectivity index (χ0v) is 16.6. The van der Waals surface area contributed by atoms with Gasteiger partial charge in [0.25, 0.3) is 15.9 Å². The Kier molecular flexibility index (Phi) is 5.03. The third-order valence-electron chi connectivity index (χ3n) is 5.02. The van der Waals surface area contributed by atoms with Crippen LogP contribution >= 0.6 is 11.6 Å². The summed E-state index contributed by atoms with van der Waals surface area (Å²) in [6.45, 7) is 1.24. The second-order valence-corrected chi connectivity index (χ2v) is 9.17. The van der Waals surface area contributed by atoms with Gasteiger partial charge in [-0.1, -0.05) is 11.6 Å². The van der Waals surface area contributed by atoms with E-state index in [1.54, 1.807) is 0 Å². The van der Waals surface area contributed by atoms with E-state index >= 15 is 0 Å². The highest BCUT2D eigenvalue weighted by atomic mass is 35.5. The summed E-state index contributed by atoms with van der Waals surface area (Å²) < 4.78 is 32.3. The number of halogens is 1. The van der Waals surface area contributed by atoms with Crippen molar-refractivity contribution in [1.82, 2.24) is 9.29 Å². The molecule has 2 aromatic rings. The van der Waals surface area contributed by atoms with Crippen molar-refractivity contribution in [3.63, 3.8) is 0 Å². The first-order valence-electron chi connectivity index (χ1n) is 9.05. The van der Waals surface area contributed by atoms with Crippen LogP contribution in [0.1, 0.15) is 45.7 Å². The van der Waals surface area contributed by atoms with Gasteiger partial charge in [-0.25, -0.2) is 12.4 Å². The molecule has 2 aliphatic rings. The van der Waals surface area contributed by atoms with Gasteiger partial charge < -0.3 is 10.1 Å². The van der Waals surface area contributed by atoms with Crippen LogP contribution in [0.3, 0.4) is 0 Å². The fourth-order valence-electron chi connectivity index (χ4n) is 3.62. The monoisotopic (exact) mass is 422 g/mol. The van der Waals surface area contributed by atoms with E-state index in [0.717, 1.165) is 29.8 Å². The maximum atomic E-state index is 12.9. The second-order valence-electron chi connectivity index (χ2n) is 6.95. The predicted octanol–water partition coefficient (Wildman–Crippen LogP) is 2.42. The second kappa shape index (κ2) is 7.35. The van der Waals surface area contributed by atoms with Crippen LogP contribution in [0.5, 0.6) is 0 Å². The van der Waals surface area contributed by atoms with Crippen LogP contribution in [0.25, 0.3) is 0 Å². The molecule has 3 heterocycles. The Morgan fingerprint density at radius 2 is 2.14 bits per heavy atom. The summed E-state index contributed by atoms with van der Waals surface area (Å²) in [5.74, 6) is -0.678. The van der Waals surface area contributed by atoms with Gasteiger partial charge in [-0.15, -0.1) is 0 Å². The van der Waals surface area contributed by atoms with Gasteiger partial charge in [0.1, 0.15) is 5.69 Å². The molecular weight excluding hydrogens is 404 g/mol. The van der Waals surface area contributed by atoms with Gasteiger partial charge in [0.05, 0.1) is 16.0 Å². The molecule has 0 bridgehead atoms. The number of ketones is 1. The fraction of sp³-hybridized carbons (Fsp3) is 0.368. The lowest BCUT2D eigenvalue weighted by Crippen LogP contribution is -2.27. The number of carbonyl (C=O) groups excluding carboxylic acids is 2. The molecule has 1 atom stereocenters. The highest BCUT2D eigenvalue weighted by molar-refractivity contribution is 7.90. The first kappa shape index (κ1) is 19.2. The first-order chi connectivity index (χ1) is 13.4. The molecule has 0 aliphatic carbocycles. The predicted molar refractivity (Wildman–Crippen MR) is 102 cm³/mol. The molecule has 4 rings (SSSR count). The van der Waals surface area contributed by atoms with Gasteiger partial charge in [0.2, 0.25) is 0 Å². The van der Waals surface area contributed by atoms with Crippen LogP contribution in [0.15, 0.2) is 35.4 Å². The number of carbonyl (C=O) groups is 2. The largest absolute Gasteiger partial charge is 0.378 e. The van der Waals surface area contributed by atoms with E-state index in [1.165, 1.54) is 30.5 Å². The van der Waals surface area contributed by atoms with Crippen LogP contribution < -0.4 is 5.32 Å². The Labute approximate surface area is 167 Å². The quantitative estimate of drug-likeness (QED) is 0.816. The number of nitrogens with zero attached hydrogens (tertiary/aromatic N) is 1. The van der Waals surface area contributed by atoms with Gasteiger partial charge in [-0.2, -0.15) is 0 Å². The van der Waals surface area contributed by atoms with E-state index in [0.29, 0.717) is 17.7 Å². The third-order valence-corrected chi connectivity index (χ3v) is 7.01. The van der Waals surface area contributed by atoms with Crippen LogP contribution in [0.4, 0.5) is 0 Å². The average Bonchev–Trinajstić information content (AvgIpc) is 3.29. The minimum Gasteiger partial charge on any atom is -0.378 e. The Morgan fingerprint density at radius 1 is 1.32 bits per heavy atom. The Balaban J connectivity index is 1.57. The van der Waals surface area contributed by atoms with Gasteiger partial charge in [-0.3, -0.25) is 9.59 Å². The van der Waals surface area contributed by atoms with Gasteiger partial charge in [0.15, 0.2) is 5.78 Å². The topological polar surface area (TPSA) is 94.5 Å². The number of nitrogens with one attached hydrogen (secondary N) is 1. The van der Waals surface area contributed by atoms with Crippen molar-refractivity contribution in [2.75, 3.05) is 13.2 Å². The van der Waals surface area contributed by atoms with E-state index in [2.05, 4.69) is 5.32 Å². The molecule has 2 aliphatic heterocycles. The van der Waals surface area contributed by atoms with Gasteiger partial charge in [-0.05, 0) is 49.1 Å². The summed E-state index contributed by atoms with van der Waals surface area (Å²) in [6.07, 6.45) is 4.05. The Hall–Kier alpha value is -2.16. The number of aromatic nitrogens is 1. The number of Topliss-reactive ketones (excluding diaryl/α,β-unsaturated/α-hetero) is 1. The lowest BCUT2D eigenvalue weighted by atomic mass is 10.0. The summed E-state index contributed by atoms with van der Waals surface area (Å²) in [5.41, 5.74) is 0.638. The van der Waals surface area contributed by atoms with Crippen LogP contribution in [-0.4, -0.2) is 43.3 Å². The molecule has 9 heteroatoms. The van der Waals surface area contributed by atoms with Crippen molar-refractivity contribution < 1.29 is 22.7 Å². The highest BCUT2D eigenvalue weighted by Crippen LogP contribution is 2.29. The maximum absolute atomic E-state index is 12.9. The van der Waals surface area contributed by atoms with E-state index in [4.69, 9.17) is 16.3 Å². The number of amides is 1. The number of fused-ring (bicyclic) bond motifs is 2. The molecule has 1 saturated heterocycles. The molecular formula is C19H19ClN2O5S. The van der Waals surface area contributed by atoms with Crippen LogP contribution in [-0.2, 0) is 21.2 Å². The summed E-state index contributed by atoms with van der Waals surface area (Å²) in [4.78, 5) is 25.0. The van der Waals surface area contributed by atoms with Crippen LogP contribution in [0, 0.1) is 0 Å². The van der Waals surface area contributed by atoms with Crippen molar-refractivity contribution in [3.05, 3.63) is 52.3 Å². The van der Waals surface area contributed by atoms with E-state index < -0.39 is 10.0 Å². The van der Waals surface area contributed by atoms with E-state index in [1.807, 2.05) is 0 Å². The molecule has 148 valence electrons. The summed E-state index contributed by atoms with van der Waals surface area (Å²) in [5, 5.41) is 3.00. The molecule has 7 nitrogen and oxygen atoms in total. The lowest BCUT2D eigenvalue weighted by molar-refractivity contribution is 0.0905. The molecule has 0 radical (unpaired) electrons. The maximum Gasteiger partial charge on any atom is 0.268 e. The number of ether oxygens (including phenoxy) is 1. The van der Waals surface area contributed by atoms with Crippen molar-refractivity contribution in [2.24, 2.45) is 0 Å². The molecule has 1 N–H and O–H groups in total. The Morgan fingerprint density at radius 3 is 2.89 bits per heavy atom. The molecule has 0 spiro atoms. The zero-order valence-electron chi connectivity index (χ0n) is 15.0. The van der Waals surface area contributed by atoms with E-state index in [-0.39, 0.29) is 39.8 Å². The fourth-order valence-corrected chi connectivity index (χ4v) is 5.46. The molecule has 1 unspecified atom stereocenters. The standard InChI is InChI=1S/C19H19ClN2O5S/c20-14-10-16-17(23)9-13-8-12(3-4-18(13)28(25,26)22(16)11-14)19(24)21-6-5-15-2-1-7-27-15/h3-4,8,10-11,15H,1-2,5-7,9H2,(H,21,24). The number of rotatable bonds is 4. The first-order valence-corrected chi connectivity index (χ1v) is 10.9. The minimum atomic E-state index is -3.96. The molecule has 28 heavy (non-hydrogen) atoms. The van der Waals surface area contributed by atoms with Crippen LogP contribution in [0.2, 0.25) is 5.02 Å². The Bertz CT molecular complexity index is 1050. The number of benzene rings is 1. The minimum absolute atomic E-state index is 0.00257. The average molecular weight is 423 g/mol. The smallest absolute Gasteiger partial charge is 0.268 e. The highest BCUT2D eigenvalue weighted by Gasteiger charge is 2.31. The van der Waals surface area contributed by atoms with Crippen molar-refractivity contribution >= 4 is 33.3 Å². The van der Waals surface area contributed by atoms with E-state index in [9.17, 15) is 18.0 Å². The molecule has 1 aromatic carbocycles. The number of hydrogen-bond acceptors (Lipinski definition) is 5. The van der Waals surface area contributed by atoms with Crippen molar-refractivity contribution in [2.45, 2.75) is 36.7 Å². The molecule has 1 aromatic heterocycles.